The van der Waals surface area contributed by atoms with Crippen molar-refractivity contribution in [2.24, 2.45) is 5.92 Å². The van der Waals surface area contributed by atoms with Gasteiger partial charge < -0.3 is 25.0 Å². The van der Waals surface area contributed by atoms with Crippen LogP contribution in [0.4, 0.5) is 18.0 Å². The van der Waals surface area contributed by atoms with Gasteiger partial charge in [-0.25, -0.2) is 18.2 Å². The van der Waals surface area contributed by atoms with Gasteiger partial charge in [-0.05, 0) is 85.1 Å². The Morgan fingerprint density at radius 3 is 2.51 bits per heavy atom. The van der Waals surface area contributed by atoms with Crippen LogP contribution in [-0.4, -0.2) is 82.2 Å². The first-order valence-corrected chi connectivity index (χ1v) is 21.2. The molecule has 18 heteroatoms. The molecule has 13 nitrogen and oxygen atoms in total. The van der Waals surface area contributed by atoms with Crippen LogP contribution in [0.15, 0.2) is 30.4 Å². The van der Waals surface area contributed by atoms with Crippen LogP contribution in [0.25, 0.3) is 10.9 Å². The van der Waals surface area contributed by atoms with Crippen molar-refractivity contribution < 1.29 is 50.2 Å². The number of hydrogen-bond acceptors (Lipinski definition) is 9. The number of allylic oxidation sites excluding steroid dienone is 1. The maximum Gasteiger partial charge on any atom is 0.437 e. The number of carbonyl (C=O) groups is 4. The molecule has 2 aromatic rings. The van der Waals surface area contributed by atoms with E-state index in [-0.39, 0.29) is 54.8 Å². The molecule has 0 unspecified atom stereocenters. The summed E-state index contributed by atoms with van der Waals surface area (Å²) < 4.78 is 83.3. The molecule has 1 spiro atoms. The molecule has 2 saturated carbocycles. The van der Waals surface area contributed by atoms with Crippen molar-refractivity contribution in [3.8, 4) is 5.75 Å². The second-order valence-electron chi connectivity index (χ2n) is 17.3. The molecule has 3 N–H and O–H groups in total. The van der Waals surface area contributed by atoms with E-state index in [1.165, 1.54) is 17.9 Å². The summed E-state index contributed by atoms with van der Waals surface area (Å²) in [6.07, 6.45) is 1.17. The Bertz CT molecular complexity index is 2160. The average molecular weight is 838 g/mol. The number of halogens is 4. The number of aryl methyl sites for hydroxylation is 1. The molecular weight excluding hydrogens is 791 g/mol. The van der Waals surface area contributed by atoms with Crippen LogP contribution >= 0.6 is 11.6 Å². The lowest BCUT2D eigenvalue weighted by Crippen LogP contribution is -2.58. The van der Waals surface area contributed by atoms with E-state index in [9.17, 15) is 40.8 Å². The summed E-state index contributed by atoms with van der Waals surface area (Å²) >= 11 is 6.30. The molecule has 2 aliphatic carbocycles. The lowest BCUT2D eigenvalue weighted by atomic mass is 9.87. The molecule has 3 aliphatic heterocycles. The highest BCUT2D eigenvalue weighted by molar-refractivity contribution is 7.91. The normalized spacial score (nSPS) is 29.4. The largest absolute Gasteiger partial charge is 0.483 e. The molecule has 7 rings (SSSR count). The number of fused-ring (bicyclic) bond motifs is 5. The zero-order valence-corrected chi connectivity index (χ0v) is 33.8. The summed E-state index contributed by atoms with van der Waals surface area (Å²) in [4.78, 5) is 61.3. The van der Waals surface area contributed by atoms with Crippen LogP contribution in [-0.2, 0) is 41.7 Å². The van der Waals surface area contributed by atoms with E-state index in [0.29, 0.717) is 43.9 Å². The van der Waals surface area contributed by atoms with Crippen LogP contribution in [0.3, 0.4) is 0 Å². The number of alkyl carbamates (subject to hydrolysis) is 1. The highest BCUT2D eigenvalue weighted by atomic mass is 35.5. The van der Waals surface area contributed by atoms with Crippen LogP contribution in [0.2, 0.25) is 5.02 Å². The summed E-state index contributed by atoms with van der Waals surface area (Å²) in [5.41, 5.74) is -5.20. The van der Waals surface area contributed by atoms with Crippen molar-refractivity contribution in [2.45, 2.75) is 138 Å². The smallest absolute Gasteiger partial charge is 0.437 e. The Labute approximate surface area is 333 Å². The second-order valence-corrected chi connectivity index (χ2v) is 19.9. The minimum absolute atomic E-state index is 0.0314. The Kier molecular flexibility index (Phi) is 10.3. The average Bonchev–Trinajstić information content (AvgIpc) is 4.00. The highest BCUT2D eigenvalue weighted by Gasteiger charge is 2.64. The van der Waals surface area contributed by atoms with Gasteiger partial charge in [0, 0.05) is 23.3 Å². The molecule has 4 amide bonds. The molecule has 4 heterocycles. The number of alkyl halides is 3. The quantitative estimate of drug-likeness (QED) is 0.319. The maximum absolute atomic E-state index is 14.7. The van der Waals surface area contributed by atoms with Crippen molar-refractivity contribution in [2.75, 3.05) is 6.54 Å². The predicted octanol–water partition coefficient (Wildman–Crippen LogP) is 5.86. The van der Waals surface area contributed by atoms with Gasteiger partial charge in [0.2, 0.25) is 21.8 Å². The van der Waals surface area contributed by atoms with Crippen molar-refractivity contribution in [1.82, 2.24) is 25.2 Å². The topological polar surface area (TPSA) is 173 Å². The monoisotopic (exact) mass is 837 g/mol. The standard InChI is InChI=1S/C39H47ClF3N5O8S/c1-35(2,3)56-34(52)44-26-14-9-7-5-6-8-11-22-19-38(22,33(51)47-57(53,54)36(4)17-18-36)46-31(49)27-20-37(21-48(27)32(26)50)16-15-24-23-12-10-13-25(40)28(23)45-30(29(24)55-37)39(41,42)43/h8,10-13,22,26-27H,5-7,9,14-21H2,1-4H3,(H,44,52)(H,46,49)(H,47,51)/b11-8-/t22-,26-,27-,37+,38+/m0/s1. The Balaban J connectivity index is 1.27. The number of aromatic nitrogens is 1. The van der Waals surface area contributed by atoms with Gasteiger partial charge in [-0.1, -0.05) is 48.7 Å². The van der Waals surface area contributed by atoms with Crippen molar-refractivity contribution in [3.05, 3.63) is 46.6 Å². The van der Waals surface area contributed by atoms with Crippen LogP contribution in [0, 0.1) is 5.92 Å². The van der Waals surface area contributed by atoms with E-state index >= 15 is 0 Å². The van der Waals surface area contributed by atoms with Gasteiger partial charge in [0.25, 0.3) is 5.91 Å². The number of nitrogens with zero attached hydrogens (tertiary/aromatic N) is 2. The van der Waals surface area contributed by atoms with Crippen molar-refractivity contribution in [1.29, 1.82) is 0 Å². The SMILES string of the molecule is CC(C)(C)OC(=O)N[C@H]1CCCCC/C=C\[C@H]2C[C@@]2(C(=O)NS(=O)(=O)C2(C)CC2)NC(=O)[C@@H]2C[C@]3(CCc4c(c(C(F)(F)F)nc5c(Cl)cccc45)O3)CN2C1=O. The summed E-state index contributed by atoms with van der Waals surface area (Å²) in [6, 6.07) is 2.07. The zero-order valence-electron chi connectivity index (χ0n) is 32.2. The predicted molar refractivity (Wildman–Crippen MR) is 203 cm³/mol. The fourth-order valence-electron chi connectivity index (χ4n) is 8.16. The van der Waals surface area contributed by atoms with E-state index in [2.05, 4.69) is 20.3 Å². The van der Waals surface area contributed by atoms with Gasteiger partial charge in [-0.15, -0.1) is 0 Å². The zero-order chi connectivity index (χ0) is 41.3. The molecule has 1 aromatic carbocycles. The molecule has 3 fully saturated rings. The van der Waals surface area contributed by atoms with Gasteiger partial charge in [0.05, 0.1) is 21.8 Å². The molecule has 5 aliphatic rings. The van der Waals surface area contributed by atoms with E-state index in [4.69, 9.17) is 21.1 Å². The molecule has 1 saturated heterocycles. The molecule has 57 heavy (non-hydrogen) atoms. The number of ether oxygens (including phenoxy) is 2. The van der Waals surface area contributed by atoms with Crippen molar-refractivity contribution in [3.63, 3.8) is 0 Å². The Hall–Kier alpha value is -4.12. The highest BCUT2D eigenvalue weighted by Crippen LogP contribution is 2.51. The van der Waals surface area contributed by atoms with Crippen LogP contribution in [0.5, 0.6) is 5.75 Å². The summed E-state index contributed by atoms with van der Waals surface area (Å²) in [5, 5.41) is 5.84. The number of para-hydroxylation sites is 1. The van der Waals surface area contributed by atoms with Gasteiger partial charge in [0.15, 0.2) is 11.4 Å². The van der Waals surface area contributed by atoms with Gasteiger partial charge in [0.1, 0.15) is 28.8 Å². The Morgan fingerprint density at radius 1 is 1.09 bits per heavy atom. The number of carbonyl (C=O) groups excluding carboxylic acids is 4. The molecular formula is C39H47ClF3N5O8S. The molecule has 310 valence electrons. The number of pyridine rings is 1. The fraction of sp³-hybridized carbons (Fsp3) is 0.615. The van der Waals surface area contributed by atoms with E-state index in [1.807, 2.05) is 6.08 Å². The summed E-state index contributed by atoms with van der Waals surface area (Å²) in [5.74, 6) is -3.50. The molecule has 0 radical (unpaired) electrons. The van der Waals surface area contributed by atoms with Gasteiger partial charge in [-0.3, -0.25) is 19.1 Å². The second kappa shape index (κ2) is 14.3. The lowest BCUT2D eigenvalue weighted by molar-refractivity contribution is -0.144. The van der Waals surface area contributed by atoms with Gasteiger partial charge >= 0.3 is 12.3 Å². The maximum atomic E-state index is 14.7. The van der Waals surface area contributed by atoms with Crippen LogP contribution in [0.1, 0.15) is 103 Å². The van der Waals surface area contributed by atoms with E-state index < -0.39 is 90.9 Å². The lowest BCUT2D eigenvalue weighted by Gasteiger charge is -2.37. The molecule has 5 atom stereocenters. The van der Waals surface area contributed by atoms with Crippen LogP contribution < -0.4 is 20.1 Å². The first-order chi connectivity index (χ1) is 26.6. The number of rotatable bonds is 4. The summed E-state index contributed by atoms with van der Waals surface area (Å²) in [6.45, 7) is 6.18. The van der Waals surface area contributed by atoms with E-state index in [1.54, 1.807) is 39.0 Å². The first kappa shape index (κ1) is 41.1. The number of benzene rings is 1. The fourth-order valence-corrected chi connectivity index (χ4v) is 9.69. The van der Waals surface area contributed by atoms with Crippen molar-refractivity contribution >= 4 is 56.3 Å². The first-order valence-electron chi connectivity index (χ1n) is 19.3. The third-order valence-electron chi connectivity index (χ3n) is 11.7. The molecule has 0 bridgehead atoms. The minimum Gasteiger partial charge on any atom is -0.483 e. The number of amides is 4. The third kappa shape index (κ3) is 8.02. The summed E-state index contributed by atoms with van der Waals surface area (Å²) in [7, 11) is -4.09. The third-order valence-corrected chi connectivity index (χ3v) is 14.2. The van der Waals surface area contributed by atoms with Gasteiger partial charge in [-0.2, -0.15) is 13.2 Å². The van der Waals surface area contributed by atoms with E-state index in [0.717, 1.165) is 0 Å². The number of sulfonamides is 1. The minimum atomic E-state index is -4.96. The molecule has 1 aromatic heterocycles. The number of hydrogen-bond donors (Lipinski definition) is 3. The Morgan fingerprint density at radius 2 is 1.82 bits per heavy atom. The number of nitrogens with one attached hydrogen (secondary N) is 3.